The summed E-state index contributed by atoms with van der Waals surface area (Å²) in [7, 11) is 0. The number of rotatable bonds is 2. The van der Waals surface area contributed by atoms with Crippen molar-refractivity contribution >= 4 is 46.4 Å². The van der Waals surface area contributed by atoms with Crippen molar-refractivity contribution in [3.05, 3.63) is 57.6 Å². The minimum Gasteiger partial charge on any atom is -0.317 e. The van der Waals surface area contributed by atoms with Gasteiger partial charge in [-0.1, -0.05) is 29.3 Å². The molecule has 0 bridgehead atoms. The van der Waals surface area contributed by atoms with E-state index in [4.69, 9.17) is 23.2 Å². The monoisotopic (exact) mass is 390 g/mol. The molecule has 2 rings (SSSR count). The second kappa shape index (κ2) is 7.33. The van der Waals surface area contributed by atoms with Gasteiger partial charge in [-0.15, -0.1) is 0 Å². The van der Waals surface area contributed by atoms with Gasteiger partial charge in [-0.3, -0.25) is 9.59 Å². The minimum absolute atomic E-state index is 0.149. The lowest BCUT2D eigenvalue weighted by Crippen LogP contribution is -2.30. The fraction of sp³-hybridized carbons (Fsp3) is 0.125. The van der Waals surface area contributed by atoms with E-state index in [0.29, 0.717) is 16.7 Å². The maximum absolute atomic E-state index is 13.0. The molecule has 0 unspecified atom stereocenters. The maximum Gasteiger partial charge on any atom is 0.418 e. The summed E-state index contributed by atoms with van der Waals surface area (Å²) in [6.07, 6.45) is -4.74. The van der Waals surface area contributed by atoms with Crippen LogP contribution in [0.1, 0.15) is 11.1 Å². The molecule has 0 radical (unpaired) electrons. The fourth-order valence-corrected chi connectivity index (χ4v) is 2.29. The highest BCUT2D eigenvalue weighted by molar-refractivity contribution is 6.44. The van der Waals surface area contributed by atoms with Crippen molar-refractivity contribution in [3.8, 4) is 0 Å². The molecule has 0 fully saturated rings. The average Bonchev–Trinajstić information content (AvgIpc) is 2.51. The number of alkyl halides is 3. The molecular formula is C16H11Cl2F3N2O2. The van der Waals surface area contributed by atoms with E-state index in [1.807, 2.05) is 5.32 Å². The van der Waals surface area contributed by atoms with Crippen molar-refractivity contribution < 1.29 is 22.8 Å². The number of aryl methyl sites for hydroxylation is 1. The van der Waals surface area contributed by atoms with Gasteiger partial charge in [-0.2, -0.15) is 13.2 Å². The van der Waals surface area contributed by atoms with Crippen LogP contribution in [0.4, 0.5) is 24.5 Å². The van der Waals surface area contributed by atoms with E-state index in [2.05, 4.69) is 5.32 Å². The van der Waals surface area contributed by atoms with Gasteiger partial charge in [-0.05, 0) is 42.8 Å². The molecule has 0 aliphatic rings. The van der Waals surface area contributed by atoms with Gasteiger partial charge >= 0.3 is 18.0 Å². The van der Waals surface area contributed by atoms with Gasteiger partial charge < -0.3 is 10.6 Å². The van der Waals surface area contributed by atoms with Gasteiger partial charge in [0.05, 0.1) is 11.3 Å². The zero-order valence-electron chi connectivity index (χ0n) is 12.7. The highest BCUT2D eigenvalue weighted by atomic mass is 35.5. The molecule has 0 spiro atoms. The Morgan fingerprint density at radius 2 is 1.40 bits per heavy atom. The van der Waals surface area contributed by atoms with Crippen molar-refractivity contribution in [2.75, 3.05) is 10.6 Å². The van der Waals surface area contributed by atoms with Crippen LogP contribution in [0, 0.1) is 6.92 Å². The second-order valence-electron chi connectivity index (χ2n) is 5.06. The number of halogens is 5. The van der Waals surface area contributed by atoms with E-state index in [1.165, 1.54) is 12.1 Å². The maximum atomic E-state index is 13.0. The number of nitrogens with one attached hydrogen (secondary N) is 2. The summed E-state index contributed by atoms with van der Waals surface area (Å²) in [5.41, 5.74) is -0.812. The molecular weight excluding hydrogens is 380 g/mol. The largest absolute Gasteiger partial charge is 0.418 e. The van der Waals surface area contributed by atoms with Crippen LogP contribution < -0.4 is 10.6 Å². The third kappa shape index (κ3) is 4.87. The van der Waals surface area contributed by atoms with E-state index >= 15 is 0 Å². The number of benzene rings is 2. The van der Waals surface area contributed by atoms with Gasteiger partial charge in [0.15, 0.2) is 0 Å². The van der Waals surface area contributed by atoms with Crippen LogP contribution >= 0.6 is 23.2 Å². The third-order valence-corrected chi connectivity index (χ3v) is 3.66. The molecule has 0 saturated heterocycles. The van der Waals surface area contributed by atoms with Crippen molar-refractivity contribution in [3.63, 3.8) is 0 Å². The highest BCUT2D eigenvalue weighted by Crippen LogP contribution is 2.36. The number of carbonyl (C=O) groups excluding carboxylic acids is 2. The molecule has 0 aliphatic carbocycles. The van der Waals surface area contributed by atoms with Gasteiger partial charge in [0, 0.05) is 15.7 Å². The van der Waals surface area contributed by atoms with E-state index in [9.17, 15) is 22.8 Å². The zero-order valence-corrected chi connectivity index (χ0v) is 14.2. The Labute approximate surface area is 150 Å². The topological polar surface area (TPSA) is 58.2 Å². The molecule has 2 N–H and O–H groups in total. The molecule has 9 heteroatoms. The normalized spacial score (nSPS) is 11.1. The summed E-state index contributed by atoms with van der Waals surface area (Å²) in [5.74, 6) is -2.39. The van der Waals surface area contributed by atoms with Crippen molar-refractivity contribution in [1.82, 2.24) is 0 Å². The fourth-order valence-electron chi connectivity index (χ4n) is 1.95. The van der Waals surface area contributed by atoms with E-state index in [1.54, 1.807) is 19.1 Å². The number of anilines is 2. The molecule has 25 heavy (non-hydrogen) atoms. The molecule has 0 aromatic heterocycles. The molecule has 2 aromatic rings. The first-order valence-corrected chi connectivity index (χ1v) is 7.59. The van der Waals surface area contributed by atoms with Crippen LogP contribution in [0.25, 0.3) is 0 Å². The van der Waals surface area contributed by atoms with E-state index in [-0.39, 0.29) is 10.7 Å². The first-order chi connectivity index (χ1) is 11.6. The van der Waals surface area contributed by atoms with Crippen molar-refractivity contribution in [2.24, 2.45) is 0 Å². The van der Waals surface area contributed by atoms with Crippen LogP contribution in [0.2, 0.25) is 10.0 Å². The molecule has 0 atom stereocenters. The predicted molar refractivity (Wildman–Crippen MR) is 89.9 cm³/mol. The minimum atomic E-state index is -4.74. The van der Waals surface area contributed by atoms with Crippen LogP contribution in [0.5, 0.6) is 0 Å². The highest BCUT2D eigenvalue weighted by Gasteiger charge is 2.34. The molecule has 2 aromatic carbocycles. The Balaban J connectivity index is 2.20. The smallest absolute Gasteiger partial charge is 0.317 e. The van der Waals surface area contributed by atoms with Crippen molar-refractivity contribution in [2.45, 2.75) is 13.1 Å². The summed E-state index contributed by atoms with van der Waals surface area (Å²) in [6, 6.07) is 7.45. The lowest BCUT2D eigenvalue weighted by atomic mass is 10.1. The lowest BCUT2D eigenvalue weighted by Gasteiger charge is -2.14. The average molecular weight is 391 g/mol. The Morgan fingerprint density at radius 1 is 0.880 bits per heavy atom. The summed E-state index contributed by atoms with van der Waals surface area (Å²) >= 11 is 11.4. The van der Waals surface area contributed by atoms with Gasteiger partial charge in [0.1, 0.15) is 0 Å². The molecule has 0 saturated carbocycles. The standard InChI is InChI=1S/C16H11Cl2F3N2O2/c1-8-2-3-10(18)7-13(8)23-15(25)14(24)22-12-5-4-9(17)6-11(12)16(19,20)21/h2-7H,1H3,(H,22,24)(H,23,25). The quantitative estimate of drug-likeness (QED) is 0.716. The number of carbonyl (C=O) groups is 2. The molecule has 132 valence electrons. The Bertz CT molecular complexity index is 839. The first-order valence-electron chi connectivity index (χ1n) is 6.83. The van der Waals surface area contributed by atoms with Crippen molar-refractivity contribution in [1.29, 1.82) is 0 Å². The number of hydrogen-bond acceptors (Lipinski definition) is 2. The van der Waals surface area contributed by atoms with Gasteiger partial charge in [-0.25, -0.2) is 0 Å². The first kappa shape index (κ1) is 19.1. The molecule has 4 nitrogen and oxygen atoms in total. The van der Waals surface area contributed by atoms with Crippen LogP contribution in [0.3, 0.4) is 0 Å². The van der Waals surface area contributed by atoms with Gasteiger partial charge in [0.2, 0.25) is 0 Å². The summed E-state index contributed by atoms with van der Waals surface area (Å²) in [5, 5.41) is 4.42. The van der Waals surface area contributed by atoms with Gasteiger partial charge in [0.25, 0.3) is 0 Å². The van der Waals surface area contributed by atoms with Crippen LogP contribution in [-0.4, -0.2) is 11.8 Å². The van der Waals surface area contributed by atoms with Crippen LogP contribution in [-0.2, 0) is 15.8 Å². The summed E-state index contributed by atoms with van der Waals surface area (Å²) in [4.78, 5) is 23.9. The SMILES string of the molecule is Cc1ccc(Cl)cc1NC(=O)C(=O)Nc1ccc(Cl)cc1C(F)(F)F. The Hall–Kier alpha value is -2.25. The Kier molecular flexibility index (Phi) is 5.59. The second-order valence-corrected chi connectivity index (χ2v) is 5.93. The molecule has 2 amide bonds. The zero-order chi connectivity index (χ0) is 18.8. The lowest BCUT2D eigenvalue weighted by molar-refractivity contribution is -0.137. The van der Waals surface area contributed by atoms with E-state index in [0.717, 1.165) is 6.07 Å². The Morgan fingerprint density at radius 3 is 2.00 bits per heavy atom. The van der Waals surface area contributed by atoms with Crippen LogP contribution in [0.15, 0.2) is 36.4 Å². The summed E-state index contributed by atoms with van der Waals surface area (Å²) in [6.45, 7) is 1.67. The third-order valence-electron chi connectivity index (χ3n) is 3.19. The van der Waals surface area contributed by atoms with E-state index < -0.39 is 29.2 Å². The summed E-state index contributed by atoms with van der Waals surface area (Å²) < 4.78 is 39.0. The molecule has 0 heterocycles. The number of amides is 2. The molecule has 0 aliphatic heterocycles. The number of hydrogen-bond donors (Lipinski definition) is 2. The predicted octanol–water partition coefficient (Wildman–Crippen LogP) is 4.90.